The molecule has 0 spiro atoms. The van der Waals surface area contributed by atoms with Crippen LogP contribution >= 0.6 is 0 Å². The Morgan fingerprint density at radius 3 is 2.03 bits per heavy atom. The molecule has 4 nitrogen and oxygen atoms in total. The van der Waals surface area contributed by atoms with Crippen molar-refractivity contribution in [3.8, 4) is 0 Å². The fourth-order valence-electron chi connectivity index (χ4n) is 5.07. The Morgan fingerprint density at radius 2 is 1.44 bits per heavy atom. The third-order valence-electron chi connectivity index (χ3n) is 6.80. The van der Waals surface area contributed by atoms with E-state index in [4.69, 9.17) is 0 Å². The second kappa shape index (κ2) is 13.0. The van der Waals surface area contributed by atoms with Gasteiger partial charge in [-0.3, -0.25) is 0 Å². The van der Waals surface area contributed by atoms with E-state index in [1.54, 1.807) is 0 Å². The van der Waals surface area contributed by atoms with E-state index in [9.17, 15) is 0 Å². The van der Waals surface area contributed by atoms with Crippen LogP contribution in [0, 0.1) is 5.92 Å². The number of hydrogen-bond acceptors (Lipinski definition) is 3. The quantitative estimate of drug-likeness (QED) is 0.177. The zero-order chi connectivity index (χ0) is 23.4. The van der Waals surface area contributed by atoms with Crippen molar-refractivity contribution in [2.75, 3.05) is 33.2 Å². The first-order chi connectivity index (χ1) is 16.8. The van der Waals surface area contributed by atoms with Crippen LogP contribution in [0.1, 0.15) is 41.9 Å². The maximum absolute atomic E-state index is 4.38. The molecular formula is C30H38N4. The van der Waals surface area contributed by atoms with E-state index in [0.717, 1.165) is 26.1 Å². The number of rotatable bonds is 11. The standard InChI is InChI=1S/C30H38N4/c1-33(24-26-12-5-2-6-13-26)25-32-31-20-11-21-34-22-18-29(19-23-34)30(27-14-7-3-8-15-27)28-16-9-4-10-17-28/h2-10,12-17,25,29-31H,11,18-24H2,1H3. The van der Waals surface area contributed by atoms with Crippen molar-refractivity contribution in [1.29, 1.82) is 0 Å². The molecule has 0 atom stereocenters. The van der Waals surface area contributed by atoms with Crippen molar-refractivity contribution < 1.29 is 0 Å². The number of nitrogens with zero attached hydrogens (tertiary/aromatic N) is 3. The summed E-state index contributed by atoms with van der Waals surface area (Å²) >= 11 is 0. The highest BCUT2D eigenvalue weighted by Gasteiger charge is 2.28. The van der Waals surface area contributed by atoms with Gasteiger partial charge in [-0.05, 0) is 61.5 Å². The van der Waals surface area contributed by atoms with Gasteiger partial charge >= 0.3 is 0 Å². The van der Waals surface area contributed by atoms with Crippen LogP contribution in [0.2, 0.25) is 0 Å². The molecule has 1 aliphatic rings. The Morgan fingerprint density at radius 1 is 0.882 bits per heavy atom. The summed E-state index contributed by atoms with van der Waals surface area (Å²) in [7, 11) is 2.06. The van der Waals surface area contributed by atoms with Gasteiger partial charge in [-0.2, -0.15) is 5.10 Å². The summed E-state index contributed by atoms with van der Waals surface area (Å²) in [5.41, 5.74) is 7.41. The SMILES string of the molecule is CN(C=NNCCCN1CCC(C(c2ccccc2)c2ccccc2)CC1)Cc1ccccc1. The molecule has 4 heteroatoms. The number of nitrogens with one attached hydrogen (secondary N) is 1. The largest absolute Gasteiger partial charge is 0.360 e. The number of benzene rings is 3. The second-order valence-electron chi connectivity index (χ2n) is 9.39. The average molecular weight is 455 g/mol. The molecule has 4 rings (SSSR count). The molecule has 0 aromatic heterocycles. The molecule has 0 unspecified atom stereocenters. The van der Waals surface area contributed by atoms with E-state index >= 15 is 0 Å². The minimum absolute atomic E-state index is 0.494. The fraction of sp³-hybridized carbons (Fsp3) is 0.367. The number of hydrazone groups is 1. The Balaban J connectivity index is 1.18. The molecule has 1 saturated heterocycles. The zero-order valence-corrected chi connectivity index (χ0v) is 20.4. The van der Waals surface area contributed by atoms with Crippen LogP contribution in [0.5, 0.6) is 0 Å². The van der Waals surface area contributed by atoms with Crippen LogP contribution in [0.4, 0.5) is 0 Å². The summed E-state index contributed by atoms with van der Waals surface area (Å²) in [5.74, 6) is 1.19. The number of piperidine rings is 1. The molecule has 34 heavy (non-hydrogen) atoms. The van der Waals surface area contributed by atoms with Crippen molar-refractivity contribution in [3.63, 3.8) is 0 Å². The third kappa shape index (κ3) is 7.19. The summed E-state index contributed by atoms with van der Waals surface area (Å²) < 4.78 is 0. The van der Waals surface area contributed by atoms with E-state index in [2.05, 4.69) is 112 Å². The molecule has 0 aliphatic carbocycles. The van der Waals surface area contributed by atoms with Crippen LogP contribution in [0.15, 0.2) is 96.1 Å². The van der Waals surface area contributed by atoms with Gasteiger partial charge in [0.25, 0.3) is 0 Å². The molecule has 1 fully saturated rings. The van der Waals surface area contributed by atoms with Crippen LogP contribution in [-0.2, 0) is 6.54 Å². The van der Waals surface area contributed by atoms with Gasteiger partial charge in [0.05, 0.1) is 0 Å². The maximum atomic E-state index is 4.38. The zero-order valence-electron chi connectivity index (χ0n) is 20.4. The monoisotopic (exact) mass is 454 g/mol. The van der Waals surface area contributed by atoms with Crippen LogP contribution in [-0.4, -0.2) is 49.4 Å². The van der Waals surface area contributed by atoms with Gasteiger partial charge in [-0.1, -0.05) is 91.0 Å². The molecule has 1 N–H and O–H groups in total. The summed E-state index contributed by atoms with van der Waals surface area (Å²) in [5, 5.41) is 4.38. The van der Waals surface area contributed by atoms with Crippen LogP contribution in [0.25, 0.3) is 0 Å². The predicted molar refractivity (Wildman–Crippen MR) is 143 cm³/mol. The van der Waals surface area contributed by atoms with E-state index in [-0.39, 0.29) is 0 Å². The normalized spacial score (nSPS) is 15.1. The van der Waals surface area contributed by atoms with Crippen molar-refractivity contribution >= 4 is 6.34 Å². The molecule has 1 aliphatic heterocycles. The lowest BCUT2D eigenvalue weighted by Gasteiger charge is -2.36. The molecule has 0 amide bonds. The first-order valence-electron chi connectivity index (χ1n) is 12.6. The maximum Gasteiger partial charge on any atom is 0.111 e. The first-order valence-corrected chi connectivity index (χ1v) is 12.6. The molecule has 1 heterocycles. The van der Waals surface area contributed by atoms with E-state index in [1.165, 1.54) is 42.6 Å². The van der Waals surface area contributed by atoms with Crippen molar-refractivity contribution in [2.45, 2.75) is 31.7 Å². The summed E-state index contributed by atoms with van der Waals surface area (Å²) in [4.78, 5) is 4.72. The molecule has 3 aromatic rings. The number of hydrogen-bond donors (Lipinski definition) is 1. The Labute approximate surface area is 205 Å². The predicted octanol–water partition coefficient (Wildman–Crippen LogP) is 5.59. The Bertz CT molecular complexity index is 927. The number of likely N-dealkylation sites (tertiary alicyclic amines) is 1. The molecule has 178 valence electrons. The van der Waals surface area contributed by atoms with Gasteiger partial charge in [0, 0.05) is 26.1 Å². The van der Waals surface area contributed by atoms with Crippen molar-refractivity contribution in [2.24, 2.45) is 11.0 Å². The molecule has 3 aromatic carbocycles. The molecular weight excluding hydrogens is 416 g/mol. The van der Waals surface area contributed by atoms with E-state index in [1.807, 2.05) is 12.4 Å². The van der Waals surface area contributed by atoms with Crippen molar-refractivity contribution in [1.82, 2.24) is 15.2 Å². The summed E-state index contributed by atoms with van der Waals surface area (Å²) in [6.07, 6.45) is 5.51. The highest BCUT2D eigenvalue weighted by Crippen LogP contribution is 2.37. The first kappa shape index (κ1) is 24.0. The molecule has 0 radical (unpaired) electrons. The van der Waals surface area contributed by atoms with Gasteiger partial charge in [0.1, 0.15) is 6.34 Å². The minimum Gasteiger partial charge on any atom is -0.360 e. The van der Waals surface area contributed by atoms with Gasteiger partial charge in [-0.25, -0.2) is 0 Å². The minimum atomic E-state index is 0.494. The third-order valence-corrected chi connectivity index (χ3v) is 6.80. The lowest BCUT2D eigenvalue weighted by Crippen LogP contribution is -2.37. The van der Waals surface area contributed by atoms with E-state index < -0.39 is 0 Å². The van der Waals surface area contributed by atoms with Crippen LogP contribution in [0.3, 0.4) is 0 Å². The average Bonchev–Trinajstić information content (AvgIpc) is 2.89. The van der Waals surface area contributed by atoms with Crippen LogP contribution < -0.4 is 5.43 Å². The fourth-order valence-corrected chi connectivity index (χ4v) is 5.07. The summed E-state index contributed by atoms with van der Waals surface area (Å²) in [6, 6.07) is 32.6. The molecule has 0 bridgehead atoms. The van der Waals surface area contributed by atoms with E-state index in [0.29, 0.717) is 11.8 Å². The van der Waals surface area contributed by atoms with Gasteiger partial charge < -0.3 is 15.2 Å². The smallest absolute Gasteiger partial charge is 0.111 e. The Hall–Kier alpha value is -3.11. The van der Waals surface area contributed by atoms with Gasteiger partial charge in [0.2, 0.25) is 0 Å². The highest BCUT2D eigenvalue weighted by atomic mass is 15.3. The lowest BCUT2D eigenvalue weighted by molar-refractivity contribution is 0.173. The topological polar surface area (TPSA) is 30.9 Å². The second-order valence-corrected chi connectivity index (χ2v) is 9.39. The van der Waals surface area contributed by atoms with Gasteiger partial charge in [-0.15, -0.1) is 0 Å². The lowest BCUT2D eigenvalue weighted by atomic mass is 9.76. The Kier molecular flexibility index (Phi) is 9.15. The summed E-state index contributed by atoms with van der Waals surface area (Å²) in [6.45, 7) is 5.28. The van der Waals surface area contributed by atoms with Crippen molar-refractivity contribution in [3.05, 3.63) is 108 Å². The van der Waals surface area contributed by atoms with Gasteiger partial charge in [0.15, 0.2) is 0 Å². The highest BCUT2D eigenvalue weighted by molar-refractivity contribution is 5.54. The molecule has 0 saturated carbocycles.